The van der Waals surface area contributed by atoms with Gasteiger partial charge in [-0.05, 0) is 47.1 Å². The Balaban J connectivity index is 0.000000225. The standard InChI is InChI=1S/C18H21F2N3O.C12H4Cl2F6N4OS/c1-10-8-18(2,3)12-6-5-7-13(14(10)12)21-17(24)11-9-23(4)22-15(11)16(19)20;13-5-1-4(11(15,16)17)2-6(14)8(5)24-10(22)9(7(3-21)23-24)26(25)12(18,19)20/h5-7,9-10,16H,8H2,1-4H3,(H,21,24);1-2H,22H2. The van der Waals surface area contributed by atoms with Gasteiger partial charge in [-0.1, -0.05) is 56.1 Å². The number of halogens is 10. The quantitative estimate of drug-likeness (QED) is 0.195. The number of nitrogens with two attached hydrogens (primary N) is 1. The number of amides is 1. The van der Waals surface area contributed by atoms with Crippen LogP contribution in [0, 0.1) is 11.3 Å². The topological polar surface area (TPSA) is 132 Å². The second kappa shape index (κ2) is 13.8. The summed E-state index contributed by atoms with van der Waals surface area (Å²) in [6.45, 7) is 6.48. The molecule has 0 saturated carbocycles. The van der Waals surface area contributed by atoms with E-state index in [1.165, 1.54) is 29.6 Å². The van der Waals surface area contributed by atoms with Crippen LogP contribution >= 0.6 is 23.2 Å². The highest BCUT2D eigenvalue weighted by Gasteiger charge is 2.43. The number of aromatic nitrogens is 4. The minimum Gasteiger partial charge on any atom is -0.383 e. The highest BCUT2D eigenvalue weighted by molar-refractivity contribution is 7.86. The third kappa shape index (κ3) is 7.59. The molecule has 0 radical (unpaired) electrons. The van der Waals surface area contributed by atoms with Crippen molar-refractivity contribution >= 4 is 51.4 Å². The van der Waals surface area contributed by atoms with E-state index in [0.717, 1.165) is 12.0 Å². The van der Waals surface area contributed by atoms with E-state index in [1.54, 1.807) is 0 Å². The number of nitrogens with one attached hydrogen (secondary N) is 1. The third-order valence-corrected chi connectivity index (χ3v) is 9.40. The molecule has 9 nitrogen and oxygen atoms in total. The molecule has 50 heavy (non-hydrogen) atoms. The Morgan fingerprint density at radius 2 is 1.74 bits per heavy atom. The third-order valence-electron chi connectivity index (χ3n) is 7.63. The van der Waals surface area contributed by atoms with E-state index >= 15 is 0 Å². The molecular formula is C30H25Cl2F8N7O2S. The van der Waals surface area contributed by atoms with Crippen LogP contribution in [0.4, 0.5) is 46.6 Å². The molecule has 2 unspecified atom stereocenters. The van der Waals surface area contributed by atoms with Crippen molar-refractivity contribution in [3.05, 3.63) is 80.2 Å². The number of fused-ring (bicyclic) bond motifs is 1. The molecule has 1 aliphatic rings. The summed E-state index contributed by atoms with van der Waals surface area (Å²) in [4.78, 5) is 11.4. The minimum absolute atomic E-state index is 0.0396. The number of hydrogen-bond acceptors (Lipinski definition) is 6. The Kier molecular flexibility index (Phi) is 10.7. The Labute approximate surface area is 291 Å². The van der Waals surface area contributed by atoms with Gasteiger partial charge in [0.2, 0.25) is 0 Å². The van der Waals surface area contributed by atoms with Crippen molar-refractivity contribution in [1.82, 2.24) is 19.6 Å². The molecule has 268 valence electrons. The van der Waals surface area contributed by atoms with Gasteiger partial charge < -0.3 is 11.1 Å². The largest absolute Gasteiger partial charge is 0.476 e. The number of aryl methyl sites for hydroxylation is 1. The lowest BCUT2D eigenvalue weighted by Crippen LogP contribution is -2.18. The van der Waals surface area contributed by atoms with Gasteiger partial charge in [0.1, 0.15) is 28.2 Å². The van der Waals surface area contributed by atoms with Gasteiger partial charge in [0, 0.05) is 18.9 Å². The summed E-state index contributed by atoms with van der Waals surface area (Å²) in [5, 5.41) is 17.6. The van der Waals surface area contributed by atoms with Crippen molar-refractivity contribution in [2.24, 2.45) is 7.05 Å². The average molecular weight is 771 g/mol. The molecule has 2 atom stereocenters. The zero-order chi connectivity index (χ0) is 37.7. The fourth-order valence-corrected chi connectivity index (χ4v) is 7.11. The number of carbonyl (C=O) groups is 1. The summed E-state index contributed by atoms with van der Waals surface area (Å²) in [6.07, 6.45) is -5.26. The summed E-state index contributed by atoms with van der Waals surface area (Å²) in [5.41, 5.74) is 0.0329. The van der Waals surface area contributed by atoms with Crippen LogP contribution in [-0.2, 0) is 29.4 Å². The van der Waals surface area contributed by atoms with Crippen molar-refractivity contribution in [3.63, 3.8) is 0 Å². The molecule has 2 aromatic carbocycles. The number of nitrogens with zero attached hydrogens (tertiary/aromatic N) is 5. The monoisotopic (exact) mass is 769 g/mol. The number of nitrogen functional groups attached to an aromatic ring is 1. The first-order valence-electron chi connectivity index (χ1n) is 14.1. The van der Waals surface area contributed by atoms with Crippen molar-refractivity contribution in [2.75, 3.05) is 11.1 Å². The molecule has 0 spiro atoms. The zero-order valence-corrected chi connectivity index (χ0v) is 28.5. The molecule has 5 rings (SSSR count). The predicted molar refractivity (Wildman–Crippen MR) is 169 cm³/mol. The fourth-order valence-electron chi connectivity index (χ4n) is 5.69. The molecule has 3 N–H and O–H groups in total. The van der Waals surface area contributed by atoms with Crippen molar-refractivity contribution in [1.29, 1.82) is 5.26 Å². The van der Waals surface area contributed by atoms with Crippen LogP contribution in [0.1, 0.15) is 78.0 Å². The van der Waals surface area contributed by atoms with Crippen molar-refractivity contribution in [2.45, 2.75) is 61.5 Å². The van der Waals surface area contributed by atoms with Crippen LogP contribution < -0.4 is 11.1 Å². The number of rotatable bonds is 5. The van der Waals surface area contributed by atoms with Gasteiger partial charge in [-0.15, -0.1) is 0 Å². The second-order valence-corrected chi connectivity index (χ2v) is 13.9. The van der Waals surface area contributed by atoms with E-state index in [0.29, 0.717) is 28.4 Å². The highest BCUT2D eigenvalue weighted by Crippen LogP contribution is 2.48. The summed E-state index contributed by atoms with van der Waals surface area (Å²) in [7, 11) is -2.18. The Bertz CT molecular complexity index is 2010. The number of alkyl halides is 8. The van der Waals surface area contributed by atoms with Crippen LogP contribution in [0.2, 0.25) is 10.0 Å². The smallest absolute Gasteiger partial charge is 0.383 e. The van der Waals surface area contributed by atoms with Gasteiger partial charge in [0.05, 0.1) is 21.2 Å². The van der Waals surface area contributed by atoms with Crippen LogP contribution in [0.15, 0.2) is 41.4 Å². The molecule has 0 saturated heterocycles. The normalized spacial score (nSPS) is 16.0. The molecule has 0 aliphatic heterocycles. The second-order valence-electron chi connectivity index (χ2n) is 11.7. The van der Waals surface area contributed by atoms with Gasteiger partial charge in [-0.2, -0.15) is 41.8 Å². The number of nitriles is 1. The van der Waals surface area contributed by atoms with Crippen molar-refractivity contribution in [3.8, 4) is 11.8 Å². The van der Waals surface area contributed by atoms with Crippen LogP contribution in [0.25, 0.3) is 5.69 Å². The van der Waals surface area contributed by atoms with E-state index in [4.69, 9.17) is 34.2 Å². The predicted octanol–water partition coefficient (Wildman–Crippen LogP) is 8.67. The highest BCUT2D eigenvalue weighted by atomic mass is 35.5. The maximum atomic E-state index is 13.1. The summed E-state index contributed by atoms with van der Waals surface area (Å²) in [6, 6.07) is 7.99. The maximum absolute atomic E-state index is 13.1. The van der Waals surface area contributed by atoms with Gasteiger partial charge in [-0.25, -0.2) is 17.7 Å². The first-order chi connectivity index (χ1) is 23.0. The number of benzene rings is 2. The summed E-state index contributed by atoms with van der Waals surface area (Å²) >= 11 is 11.5. The maximum Gasteiger partial charge on any atom is 0.476 e. The lowest BCUT2D eigenvalue weighted by atomic mass is 9.86. The average Bonchev–Trinajstić information content (AvgIpc) is 3.62. The first kappa shape index (κ1) is 38.6. The molecule has 0 fully saturated rings. The number of hydrogen-bond donors (Lipinski definition) is 2. The molecule has 1 aliphatic carbocycles. The molecule has 0 bridgehead atoms. The van der Waals surface area contributed by atoms with Crippen LogP contribution in [0.3, 0.4) is 0 Å². The lowest BCUT2D eigenvalue weighted by Gasteiger charge is -2.19. The van der Waals surface area contributed by atoms with E-state index in [1.807, 2.05) is 12.1 Å². The Morgan fingerprint density at radius 1 is 1.14 bits per heavy atom. The van der Waals surface area contributed by atoms with Crippen LogP contribution in [0.5, 0.6) is 0 Å². The molecule has 4 aromatic rings. The summed E-state index contributed by atoms with van der Waals surface area (Å²) in [5.74, 6) is -1.15. The Morgan fingerprint density at radius 3 is 2.26 bits per heavy atom. The van der Waals surface area contributed by atoms with E-state index in [2.05, 4.69) is 42.4 Å². The van der Waals surface area contributed by atoms with Gasteiger partial charge in [0.15, 0.2) is 16.5 Å². The molecular weight excluding hydrogens is 745 g/mol. The van der Waals surface area contributed by atoms with E-state index in [9.17, 15) is 44.1 Å². The molecule has 2 aromatic heterocycles. The first-order valence-corrected chi connectivity index (χ1v) is 16.0. The lowest BCUT2D eigenvalue weighted by molar-refractivity contribution is -0.137. The van der Waals surface area contributed by atoms with Gasteiger partial charge in [0.25, 0.3) is 12.3 Å². The van der Waals surface area contributed by atoms with Crippen molar-refractivity contribution < 1.29 is 44.1 Å². The van der Waals surface area contributed by atoms with Gasteiger partial charge in [-0.3, -0.25) is 9.48 Å². The minimum atomic E-state index is -5.25. The Hall–Kier alpha value is -4.21. The SMILES string of the molecule is CC1CC(C)(C)c2cccc(NC(=O)c3cn(C)nc3C(F)F)c21.N#Cc1nn(-c2c(Cl)cc(C(F)(F)F)cc2Cl)c(N)c1S(=O)C(F)(F)F. The summed E-state index contributed by atoms with van der Waals surface area (Å²) < 4.78 is 116. The van der Waals surface area contributed by atoms with Gasteiger partial charge >= 0.3 is 11.7 Å². The molecule has 20 heteroatoms. The van der Waals surface area contributed by atoms with Crippen LogP contribution in [-0.4, -0.2) is 35.2 Å². The number of carbonyl (C=O) groups excluding carboxylic acids is 1. The zero-order valence-electron chi connectivity index (χ0n) is 26.1. The molecule has 1 amide bonds. The van der Waals surface area contributed by atoms with E-state index < -0.39 is 78.2 Å². The fraction of sp³-hybridized carbons (Fsp3) is 0.333. The number of anilines is 2. The molecule has 2 heterocycles. The van der Waals surface area contributed by atoms with E-state index in [-0.39, 0.29) is 11.0 Å².